The molecule has 31 heavy (non-hydrogen) atoms. The van der Waals surface area contributed by atoms with E-state index < -0.39 is 16.6 Å². The van der Waals surface area contributed by atoms with Crippen LogP contribution in [0.25, 0.3) is 0 Å². The summed E-state index contributed by atoms with van der Waals surface area (Å²) in [4.78, 5) is 8.83. The number of fused-ring (bicyclic) bond motifs is 1. The summed E-state index contributed by atoms with van der Waals surface area (Å²) in [5, 5.41) is 0.226. The molecule has 3 heterocycles. The van der Waals surface area contributed by atoms with Crippen molar-refractivity contribution in [2.24, 2.45) is 4.99 Å². The highest BCUT2D eigenvalue weighted by molar-refractivity contribution is 6.74. The summed E-state index contributed by atoms with van der Waals surface area (Å²) in [6.07, 6.45) is 2.46. The van der Waals surface area contributed by atoms with E-state index in [9.17, 15) is 0 Å². The Morgan fingerprint density at radius 1 is 0.935 bits per heavy atom. The molecule has 2 aliphatic heterocycles. The van der Waals surface area contributed by atoms with Crippen LogP contribution in [0.15, 0.2) is 29.5 Å². The van der Waals surface area contributed by atoms with Gasteiger partial charge < -0.3 is 18.3 Å². The third kappa shape index (κ3) is 5.13. The van der Waals surface area contributed by atoms with Crippen LogP contribution in [0.2, 0.25) is 36.3 Å². The van der Waals surface area contributed by atoms with Crippen LogP contribution in [0, 0.1) is 0 Å². The van der Waals surface area contributed by atoms with Gasteiger partial charge in [-0.25, -0.2) is 4.99 Å². The summed E-state index contributed by atoms with van der Waals surface area (Å²) in [6, 6.07) is 3.81. The van der Waals surface area contributed by atoms with Gasteiger partial charge in [0.1, 0.15) is 12.2 Å². The first kappa shape index (κ1) is 24.6. The van der Waals surface area contributed by atoms with Gasteiger partial charge >= 0.3 is 0 Å². The van der Waals surface area contributed by atoms with Crippen LogP contribution in [0.1, 0.15) is 47.1 Å². The molecule has 1 fully saturated rings. The van der Waals surface area contributed by atoms with Crippen LogP contribution >= 0.6 is 0 Å². The van der Waals surface area contributed by atoms with Crippen molar-refractivity contribution >= 4 is 22.5 Å². The van der Waals surface area contributed by atoms with E-state index >= 15 is 0 Å². The predicted octanol–water partition coefficient (Wildman–Crippen LogP) is 5.36. The van der Waals surface area contributed by atoms with E-state index in [1.807, 2.05) is 12.1 Å². The monoisotopic (exact) mass is 464 g/mol. The van der Waals surface area contributed by atoms with Gasteiger partial charge in [-0.1, -0.05) is 41.5 Å². The second kappa shape index (κ2) is 8.37. The molecule has 174 valence electrons. The molecule has 6 nitrogen and oxygen atoms in total. The average Bonchev–Trinajstić information content (AvgIpc) is 3.18. The second-order valence-electron chi connectivity index (χ2n) is 11.7. The SMILES string of the molecule is CC(C)(C)[Si](C)(C)OC[C@H]1O[C@@H]2N=C(c3ccncc3)O[C@@H]2[C@H]1O[Si](C)(C)C(C)(C)C. The number of aliphatic imine (C=N–C) groups is 1. The third-order valence-corrected chi connectivity index (χ3v) is 16.3. The summed E-state index contributed by atoms with van der Waals surface area (Å²) >= 11 is 0. The van der Waals surface area contributed by atoms with Crippen molar-refractivity contribution in [3.05, 3.63) is 30.1 Å². The number of rotatable bonds is 6. The maximum atomic E-state index is 6.86. The van der Waals surface area contributed by atoms with Crippen molar-refractivity contribution in [1.82, 2.24) is 4.98 Å². The smallest absolute Gasteiger partial charge is 0.219 e. The van der Waals surface area contributed by atoms with Gasteiger partial charge in [-0.3, -0.25) is 4.98 Å². The van der Waals surface area contributed by atoms with E-state index in [-0.39, 0.29) is 34.6 Å². The quantitative estimate of drug-likeness (QED) is 0.530. The predicted molar refractivity (Wildman–Crippen MR) is 130 cm³/mol. The van der Waals surface area contributed by atoms with Crippen LogP contribution in [-0.2, 0) is 18.3 Å². The summed E-state index contributed by atoms with van der Waals surface area (Å²) in [5.74, 6) is 0.602. The third-order valence-electron chi connectivity index (χ3n) is 7.36. The molecule has 1 aromatic heterocycles. The van der Waals surface area contributed by atoms with Crippen molar-refractivity contribution in [1.29, 1.82) is 0 Å². The van der Waals surface area contributed by atoms with E-state index in [1.54, 1.807) is 12.4 Å². The van der Waals surface area contributed by atoms with E-state index in [1.165, 1.54) is 0 Å². The molecule has 1 aromatic rings. The van der Waals surface area contributed by atoms with Gasteiger partial charge in [-0.15, -0.1) is 0 Å². The molecule has 0 aromatic carbocycles. The molecule has 0 N–H and O–H groups in total. The average molecular weight is 465 g/mol. The zero-order valence-corrected chi connectivity index (χ0v) is 22.9. The topological polar surface area (TPSA) is 62.2 Å². The van der Waals surface area contributed by atoms with Crippen LogP contribution in [0.3, 0.4) is 0 Å². The molecule has 8 heteroatoms. The first-order chi connectivity index (χ1) is 14.1. The van der Waals surface area contributed by atoms with Gasteiger partial charge in [-0.05, 0) is 48.4 Å². The molecule has 0 amide bonds. The maximum absolute atomic E-state index is 6.86. The minimum Gasteiger partial charge on any atom is -0.466 e. The number of hydrogen-bond acceptors (Lipinski definition) is 6. The lowest BCUT2D eigenvalue weighted by Crippen LogP contribution is -2.51. The second-order valence-corrected chi connectivity index (χ2v) is 21.3. The van der Waals surface area contributed by atoms with E-state index in [2.05, 4.69) is 72.7 Å². The van der Waals surface area contributed by atoms with Crippen LogP contribution < -0.4 is 0 Å². The highest BCUT2D eigenvalue weighted by Crippen LogP contribution is 2.43. The summed E-state index contributed by atoms with van der Waals surface area (Å²) < 4.78 is 26.1. The van der Waals surface area contributed by atoms with Crippen molar-refractivity contribution in [2.75, 3.05) is 6.61 Å². The van der Waals surface area contributed by atoms with E-state index in [0.29, 0.717) is 12.5 Å². The van der Waals surface area contributed by atoms with Crippen LogP contribution in [0.5, 0.6) is 0 Å². The molecule has 3 rings (SSSR count). The zero-order valence-electron chi connectivity index (χ0n) is 20.9. The van der Waals surface area contributed by atoms with Gasteiger partial charge in [0.15, 0.2) is 29.0 Å². The minimum atomic E-state index is -2.05. The molecular weight excluding hydrogens is 424 g/mol. The van der Waals surface area contributed by atoms with Crippen LogP contribution in [0.4, 0.5) is 0 Å². The molecule has 1 saturated heterocycles. The normalized spacial score (nSPS) is 27.1. The molecule has 0 saturated carbocycles. The lowest BCUT2D eigenvalue weighted by atomic mass is 10.1. The lowest BCUT2D eigenvalue weighted by molar-refractivity contribution is -0.0135. The van der Waals surface area contributed by atoms with Gasteiger partial charge in [0, 0.05) is 18.0 Å². The molecule has 0 aliphatic carbocycles. The molecule has 0 unspecified atom stereocenters. The largest absolute Gasteiger partial charge is 0.466 e. The molecule has 0 radical (unpaired) electrons. The Balaban J connectivity index is 1.82. The number of hydrogen-bond donors (Lipinski definition) is 0. The Kier molecular flexibility index (Phi) is 6.64. The Hall–Kier alpha value is -1.07. The fourth-order valence-electron chi connectivity index (χ4n) is 3.15. The van der Waals surface area contributed by atoms with Crippen molar-refractivity contribution < 1.29 is 18.3 Å². The fraction of sp³-hybridized carbons (Fsp3) is 0.739. The summed E-state index contributed by atoms with van der Waals surface area (Å²) in [6.45, 7) is 23.1. The lowest BCUT2D eigenvalue weighted by Gasteiger charge is -2.41. The van der Waals surface area contributed by atoms with E-state index in [0.717, 1.165) is 5.56 Å². The Morgan fingerprint density at radius 2 is 1.52 bits per heavy atom. The number of nitrogens with zero attached hydrogens (tertiary/aromatic N) is 2. The number of aromatic nitrogens is 1. The summed E-state index contributed by atoms with van der Waals surface area (Å²) in [7, 11) is -3.96. The fourth-order valence-corrected chi connectivity index (χ4v) is 5.48. The highest BCUT2D eigenvalue weighted by Gasteiger charge is 2.54. The van der Waals surface area contributed by atoms with Gasteiger partial charge in [0.25, 0.3) is 0 Å². The number of pyridine rings is 1. The molecule has 0 bridgehead atoms. The first-order valence-electron chi connectivity index (χ1n) is 11.2. The molecule has 2 aliphatic rings. The van der Waals surface area contributed by atoms with Crippen molar-refractivity contribution in [2.45, 2.75) is 102 Å². The van der Waals surface area contributed by atoms with Gasteiger partial charge in [-0.2, -0.15) is 0 Å². The summed E-state index contributed by atoms with van der Waals surface area (Å²) in [5.41, 5.74) is 0.910. The van der Waals surface area contributed by atoms with Crippen LogP contribution in [-0.4, -0.2) is 58.7 Å². The zero-order chi connectivity index (χ0) is 23.2. The van der Waals surface area contributed by atoms with Gasteiger partial charge in [0.2, 0.25) is 5.90 Å². The van der Waals surface area contributed by atoms with E-state index in [4.69, 9.17) is 23.3 Å². The highest BCUT2D eigenvalue weighted by atomic mass is 28.4. The molecule has 0 spiro atoms. The van der Waals surface area contributed by atoms with Gasteiger partial charge in [0.05, 0.1) is 6.61 Å². The molecule has 4 atom stereocenters. The maximum Gasteiger partial charge on any atom is 0.219 e. The standard InChI is InChI=1S/C23H40N2O4Si2/c1-22(2,3)30(7,8)26-15-17-18(29-31(9,10)23(4,5)6)19-21(27-17)25-20(28-19)16-11-13-24-14-12-16/h11-14,17-19,21H,15H2,1-10H3/t17-,18+,19-,21+/m1/s1. The Labute approximate surface area is 190 Å². The minimum absolute atomic E-state index is 0.0866. The Bertz CT molecular complexity index is 800. The molecular formula is C23H40N2O4Si2. The Morgan fingerprint density at radius 3 is 2.06 bits per heavy atom. The number of ether oxygens (including phenoxy) is 2. The van der Waals surface area contributed by atoms with Crippen molar-refractivity contribution in [3.8, 4) is 0 Å². The first-order valence-corrected chi connectivity index (χ1v) is 17.1. The van der Waals surface area contributed by atoms with Crippen molar-refractivity contribution in [3.63, 3.8) is 0 Å².